The van der Waals surface area contributed by atoms with Crippen molar-refractivity contribution in [3.05, 3.63) is 11.6 Å². The summed E-state index contributed by atoms with van der Waals surface area (Å²) >= 11 is 0. The van der Waals surface area contributed by atoms with Gasteiger partial charge in [-0.2, -0.15) is 0 Å². The van der Waals surface area contributed by atoms with Crippen LogP contribution in [0.4, 0.5) is 0 Å². The molecule has 6 nitrogen and oxygen atoms in total. The van der Waals surface area contributed by atoms with Crippen molar-refractivity contribution in [1.82, 2.24) is 15.5 Å². The van der Waals surface area contributed by atoms with Crippen LogP contribution in [0.2, 0.25) is 0 Å². The van der Waals surface area contributed by atoms with Crippen LogP contribution in [0, 0.1) is 5.92 Å². The van der Waals surface area contributed by atoms with Crippen molar-refractivity contribution >= 4 is 29.9 Å². The van der Waals surface area contributed by atoms with E-state index in [1.165, 1.54) is 25.7 Å². The fourth-order valence-corrected chi connectivity index (χ4v) is 4.25. The van der Waals surface area contributed by atoms with Gasteiger partial charge < -0.3 is 20.1 Å². The number of hydrogen-bond donors (Lipinski definition) is 2. The lowest BCUT2D eigenvalue weighted by Gasteiger charge is -2.37. The molecule has 2 atom stereocenters. The first-order valence-electron chi connectivity index (χ1n) is 10.4. The van der Waals surface area contributed by atoms with Gasteiger partial charge in [-0.05, 0) is 38.5 Å². The summed E-state index contributed by atoms with van der Waals surface area (Å²) < 4.78 is 11.2. The van der Waals surface area contributed by atoms with Crippen molar-refractivity contribution in [1.29, 1.82) is 0 Å². The first-order chi connectivity index (χ1) is 12.9. The first kappa shape index (κ1) is 22.9. The number of guanidine groups is 1. The number of hydrogen-bond acceptors (Lipinski definition) is 4. The zero-order valence-corrected chi connectivity index (χ0v) is 19.1. The molecule has 156 valence electrons. The predicted molar refractivity (Wildman–Crippen MR) is 121 cm³/mol. The largest absolute Gasteiger partial charge is 0.381 e. The van der Waals surface area contributed by atoms with E-state index in [0.717, 1.165) is 71.4 Å². The van der Waals surface area contributed by atoms with Crippen molar-refractivity contribution < 1.29 is 9.47 Å². The van der Waals surface area contributed by atoms with E-state index in [0.29, 0.717) is 12.0 Å². The van der Waals surface area contributed by atoms with Crippen LogP contribution in [0.3, 0.4) is 0 Å². The van der Waals surface area contributed by atoms with Gasteiger partial charge in [0, 0.05) is 51.8 Å². The fraction of sp³-hybridized carbons (Fsp3) is 0.850. The Morgan fingerprint density at radius 2 is 2.07 bits per heavy atom. The minimum Gasteiger partial charge on any atom is -0.381 e. The molecule has 0 aromatic carbocycles. The molecule has 2 N–H and O–H groups in total. The van der Waals surface area contributed by atoms with Gasteiger partial charge in [-0.25, -0.2) is 0 Å². The van der Waals surface area contributed by atoms with E-state index in [9.17, 15) is 0 Å². The van der Waals surface area contributed by atoms with Gasteiger partial charge in [0.2, 0.25) is 0 Å². The molecule has 0 radical (unpaired) electrons. The molecule has 0 bridgehead atoms. The zero-order valence-electron chi connectivity index (χ0n) is 16.8. The highest BCUT2D eigenvalue weighted by Gasteiger charge is 2.31. The quantitative estimate of drug-likeness (QED) is 0.248. The van der Waals surface area contributed by atoms with Crippen molar-refractivity contribution in [3.63, 3.8) is 0 Å². The molecule has 2 saturated heterocycles. The van der Waals surface area contributed by atoms with Gasteiger partial charge in [-0.1, -0.05) is 11.6 Å². The molecule has 0 amide bonds. The van der Waals surface area contributed by atoms with Gasteiger partial charge in [0.05, 0.1) is 19.8 Å². The van der Waals surface area contributed by atoms with Crippen molar-refractivity contribution in [2.75, 3.05) is 59.7 Å². The SMILES string of the molecule is CN=C(NCCC1=CCCCC1)NCC(C1CCOC1)N1CCOCC1.I. The van der Waals surface area contributed by atoms with E-state index >= 15 is 0 Å². The van der Waals surface area contributed by atoms with E-state index in [4.69, 9.17) is 9.47 Å². The minimum absolute atomic E-state index is 0. The van der Waals surface area contributed by atoms with Crippen LogP contribution in [0.15, 0.2) is 16.6 Å². The van der Waals surface area contributed by atoms with Crippen LogP contribution in [-0.4, -0.2) is 76.6 Å². The van der Waals surface area contributed by atoms with E-state index < -0.39 is 0 Å². The van der Waals surface area contributed by atoms with Crippen LogP contribution in [0.1, 0.15) is 38.5 Å². The topological polar surface area (TPSA) is 58.1 Å². The van der Waals surface area contributed by atoms with Gasteiger partial charge >= 0.3 is 0 Å². The number of ether oxygens (including phenoxy) is 2. The zero-order chi connectivity index (χ0) is 18.0. The van der Waals surface area contributed by atoms with E-state index in [2.05, 4.69) is 26.6 Å². The number of allylic oxidation sites excluding steroid dienone is 1. The molecule has 0 spiro atoms. The first-order valence-corrected chi connectivity index (χ1v) is 10.4. The Labute approximate surface area is 181 Å². The smallest absolute Gasteiger partial charge is 0.191 e. The number of nitrogens with zero attached hydrogens (tertiary/aromatic N) is 2. The minimum atomic E-state index is 0. The standard InChI is InChI=1S/C20H36N4O2.HI/c1-21-20(22-9-7-17-5-3-2-4-6-17)23-15-19(18-8-12-26-16-18)24-10-13-25-14-11-24;/h5,18-19H,2-4,6-16H2,1H3,(H2,21,22,23);1H. The third-order valence-corrected chi connectivity index (χ3v) is 5.85. The summed E-state index contributed by atoms with van der Waals surface area (Å²) in [5.41, 5.74) is 1.61. The average molecular weight is 492 g/mol. The van der Waals surface area contributed by atoms with E-state index in [1.807, 2.05) is 7.05 Å². The summed E-state index contributed by atoms with van der Waals surface area (Å²) in [6.07, 6.45) is 9.95. The van der Waals surface area contributed by atoms with Gasteiger partial charge in [-0.15, -0.1) is 24.0 Å². The number of morpholine rings is 1. The van der Waals surface area contributed by atoms with E-state index in [-0.39, 0.29) is 24.0 Å². The summed E-state index contributed by atoms with van der Waals surface area (Å²) in [7, 11) is 1.86. The molecule has 0 aromatic heterocycles. The lowest BCUT2D eigenvalue weighted by atomic mass is 9.97. The number of rotatable bonds is 7. The van der Waals surface area contributed by atoms with Crippen LogP contribution < -0.4 is 10.6 Å². The lowest BCUT2D eigenvalue weighted by molar-refractivity contribution is 0.00247. The molecule has 3 aliphatic rings. The van der Waals surface area contributed by atoms with Crippen molar-refractivity contribution in [2.45, 2.75) is 44.6 Å². The summed E-state index contributed by atoms with van der Waals surface area (Å²) in [5.74, 6) is 1.52. The van der Waals surface area contributed by atoms with Crippen LogP contribution in [-0.2, 0) is 9.47 Å². The molecule has 27 heavy (non-hydrogen) atoms. The third kappa shape index (κ3) is 7.51. The maximum Gasteiger partial charge on any atom is 0.191 e. The third-order valence-electron chi connectivity index (χ3n) is 5.85. The Morgan fingerprint density at radius 3 is 2.74 bits per heavy atom. The molecule has 3 rings (SSSR count). The lowest BCUT2D eigenvalue weighted by Crippen LogP contribution is -2.53. The maximum atomic E-state index is 5.66. The Hall–Kier alpha value is -0.380. The summed E-state index contributed by atoms with van der Waals surface area (Å²) in [4.78, 5) is 6.98. The molecule has 2 unspecified atom stereocenters. The maximum absolute atomic E-state index is 5.66. The molecule has 2 aliphatic heterocycles. The number of halogens is 1. The number of nitrogens with one attached hydrogen (secondary N) is 2. The highest BCUT2D eigenvalue weighted by Crippen LogP contribution is 2.22. The summed E-state index contributed by atoms with van der Waals surface area (Å²) in [6, 6.07) is 0.487. The van der Waals surface area contributed by atoms with Gasteiger partial charge in [-0.3, -0.25) is 9.89 Å². The second-order valence-corrected chi connectivity index (χ2v) is 7.58. The van der Waals surface area contributed by atoms with E-state index in [1.54, 1.807) is 5.57 Å². The molecule has 0 saturated carbocycles. The second-order valence-electron chi connectivity index (χ2n) is 7.58. The average Bonchev–Trinajstić information content (AvgIpc) is 3.23. The Kier molecular flexibility index (Phi) is 11.0. The normalized spacial score (nSPS) is 25.4. The molecule has 7 heteroatoms. The number of aliphatic imine (C=N–C) groups is 1. The van der Waals surface area contributed by atoms with Crippen LogP contribution in [0.25, 0.3) is 0 Å². The molecule has 0 aromatic rings. The molecule has 2 heterocycles. The monoisotopic (exact) mass is 492 g/mol. The van der Waals surface area contributed by atoms with Gasteiger partial charge in [0.1, 0.15) is 0 Å². The molecular weight excluding hydrogens is 455 g/mol. The second kappa shape index (κ2) is 13.0. The molecule has 1 aliphatic carbocycles. The predicted octanol–water partition coefficient (Wildman–Crippen LogP) is 2.40. The van der Waals surface area contributed by atoms with Crippen LogP contribution >= 0.6 is 24.0 Å². The van der Waals surface area contributed by atoms with Crippen LogP contribution in [0.5, 0.6) is 0 Å². The molecular formula is C20H37IN4O2. The Bertz CT molecular complexity index is 475. The van der Waals surface area contributed by atoms with Gasteiger partial charge in [0.15, 0.2) is 5.96 Å². The highest BCUT2D eigenvalue weighted by molar-refractivity contribution is 14.0. The van der Waals surface area contributed by atoms with Crippen molar-refractivity contribution in [3.8, 4) is 0 Å². The van der Waals surface area contributed by atoms with Gasteiger partial charge in [0.25, 0.3) is 0 Å². The summed E-state index contributed by atoms with van der Waals surface area (Å²) in [6.45, 7) is 7.36. The Balaban J connectivity index is 0.00000261. The Morgan fingerprint density at radius 1 is 1.22 bits per heavy atom. The fourth-order valence-electron chi connectivity index (χ4n) is 4.25. The highest BCUT2D eigenvalue weighted by atomic mass is 127. The molecule has 2 fully saturated rings. The summed E-state index contributed by atoms with van der Waals surface area (Å²) in [5, 5.41) is 7.05. The van der Waals surface area contributed by atoms with Crippen molar-refractivity contribution in [2.24, 2.45) is 10.9 Å².